The van der Waals surface area contributed by atoms with Crippen LogP contribution in [0.3, 0.4) is 0 Å². The zero-order valence-electron chi connectivity index (χ0n) is 17.6. The summed E-state index contributed by atoms with van der Waals surface area (Å²) in [6.45, 7) is 0.405. The minimum Gasteiger partial charge on any atom is -0.497 e. The van der Waals surface area contributed by atoms with Gasteiger partial charge in [-0.25, -0.2) is 8.42 Å². The summed E-state index contributed by atoms with van der Waals surface area (Å²) in [4.78, 5) is 13.0. The first-order valence-electron chi connectivity index (χ1n) is 9.66. The topological polar surface area (TPSA) is 94.2 Å². The Labute approximate surface area is 187 Å². The lowest BCUT2D eigenvalue weighted by Crippen LogP contribution is -2.43. The molecular formula is C21H25ClN2O6S. The molecule has 1 aliphatic rings. The van der Waals surface area contributed by atoms with Crippen molar-refractivity contribution in [2.45, 2.75) is 17.7 Å². The number of nitrogens with one attached hydrogen (secondary N) is 1. The van der Waals surface area contributed by atoms with E-state index in [0.717, 1.165) is 0 Å². The van der Waals surface area contributed by atoms with Crippen molar-refractivity contribution in [2.75, 3.05) is 39.7 Å². The molecule has 1 saturated heterocycles. The first-order chi connectivity index (χ1) is 14.8. The average molecular weight is 469 g/mol. The van der Waals surface area contributed by atoms with Crippen LogP contribution >= 0.6 is 11.6 Å². The quantitative estimate of drug-likeness (QED) is 0.669. The minimum atomic E-state index is -3.80. The molecule has 0 bridgehead atoms. The summed E-state index contributed by atoms with van der Waals surface area (Å²) >= 11 is 6.10. The van der Waals surface area contributed by atoms with Crippen LogP contribution in [-0.2, 0) is 14.8 Å². The molecule has 0 aromatic heterocycles. The minimum absolute atomic E-state index is 0.0637. The van der Waals surface area contributed by atoms with Gasteiger partial charge in [0, 0.05) is 19.2 Å². The van der Waals surface area contributed by atoms with E-state index in [1.807, 2.05) is 0 Å². The second-order valence-corrected chi connectivity index (χ2v) is 9.40. The van der Waals surface area contributed by atoms with Crippen molar-refractivity contribution in [3.8, 4) is 17.2 Å². The van der Waals surface area contributed by atoms with E-state index in [1.54, 1.807) is 18.2 Å². The van der Waals surface area contributed by atoms with E-state index >= 15 is 0 Å². The van der Waals surface area contributed by atoms with E-state index < -0.39 is 15.9 Å². The molecule has 1 heterocycles. The maximum absolute atomic E-state index is 13.1. The highest BCUT2D eigenvalue weighted by Gasteiger charge is 2.34. The molecule has 1 fully saturated rings. The van der Waals surface area contributed by atoms with Gasteiger partial charge in [-0.15, -0.1) is 0 Å². The first kappa shape index (κ1) is 23.2. The van der Waals surface area contributed by atoms with E-state index in [1.165, 1.54) is 43.8 Å². The molecule has 1 aliphatic heterocycles. The Morgan fingerprint density at radius 1 is 1.06 bits per heavy atom. The number of methoxy groups -OCH3 is 3. The van der Waals surface area contributed by atoms with Gasteiger partial charge in [-0.3, -0.25) is 4.79 Å². The highest BCUT2D eigenvalue weighted by atomic mass is 35.5. The Kier molecular flexibility index (Phi) is 7.30. The summed E-state index contributed by atoms with van der Waals surface area (Å²) < 4.78 is 43.1. The Morgan fingerprint density at radius 3 is 2.42 bits per heavy atom. The lowest BCUT2D eigenvalue weighted by atomic mass is 9.98. The van der Waals surface area contributed by atoms with Crippen LogP contribution in [0.25, 0.3) is 0 Å². The number of ether oxygens (including phenoxy) is 3. The molecule has 1 amide bonds. The standard InChI is InChI=1S/C21H25ClN2O6S/c1-28-15-6-8-20(30-3)18(11-15)23-21(25)14-5-4-10-24(13-14)31(26,27)16-7-9-19(29-2)17(22)12-16/h6-9,11-12,14H,4-5,10,13H2,1-3H3,(H,23,25)/t14-/m0/s1. The van der Waals surface area contributed by atoms with E-state index in [0.29, 0.717) is 42.3 Å². The normalized spacial score (nSPS) is 17.1. The van der Waals surface area contributed by atoms with Crippen LogP contribution in [0, 0.1) is 5.92 Å². The van der Waals surface area contributed by atoms with Crippen LogP contribution in [0.5, 0.6) is 17.2 Å². The fourth-order valence-corrected chi connectivity index (χ4v) is 5.35. The van der Waals surface area contributed by atoms with Gasteiger partial charge in [-0.2, -0.15) is 4.31 Å². The SMILES string of the molecule is COc1ccc(OC)c(NC(=O)[C@H]2CCCN(S(=O)(=O)c3ccc(OC)c(Cl)c3)C2)c1. The van der Waals surface area contributed by atoms with E-state index in [9.17, 15) is 13.2 Å². The number of benzene rings is 2. The van der Waals surface area contributed by atoms with Crippen LogP contribution in [-0.4, -0.2) is 53.0 Å². The maximum Gasteiger partial charge on any atom is 0.243 e. The van der Waals surface area contributed by atoms with Crippen molar-refractivity contribution < 1.29 is 27.4 Å². The molecule has 2 aromatic carbocycles. The maximum atomic E-state index is 13.1. The third-order valence-electron chi connectivity index (χ3n) is 5.18. The number of anilines is 1. The van der Waals surface area contributed by atoms with Crippen molar-refractivity contribution in [3.05, 3.63) is 41.4 Å². The summed E-state index contributed by atoms with van der Waals surface area (Å²) in [5.74, 6) is 0.666. The lowest BCUT2D eigenvalue weighted by Gasteiger charge is -2.31. The van der Waals surface area contributed by atoms with Gasteiger partial charge >= 0.3 is 0 Å². The molecule has 0 radical (unpaired) electrons. The van der Waals surface area contributed by atoms with Crippen LogP contribution in [0.15, 0.2) is 41.3 Å². The van der Waals surface area contributed by atoms with Gasteiger partial charge < -0.3 is 19.5 Å². The largest absolute Gasteiger partial charge is 0.497 e. The monoisotopic (exact) mass is 468 g/mol. The molecule has 0 unspecified atom stereocenters. The molecular weight excluding hydrogens is 444 g/mol. The van der Waals surface area contributed by atoms with Crippen LogP contribution < -0.4 is 19.5 Å². The van der Waals surface area contributed by atoms with Gasteiger partial charge in [0.25, 0.3) is 0 Å². The number of nitrogens with zero attached hydrogens (tertiary/aromatic N) is 1. The molecule has 3 rings (SSSR count). The van der Waals surface area contributed by atoms with E-state index in [4.69, 9.17) is 25.8 Å². The molecule has 1 N–H and O–H groups in total. The van der Waals surface area contributed by atoms with Gasteiger partial charge in [-0.05, 0) is 43.2 Å². The Hall–Kier alpha value is -2.49. The predicted molar refractivity (Wildman–Crippen MR) is 118 cm³/mol. The van der Waals surface area contributed by atoms with Crippen molar-refractivity contribution in [1.29, 1.82) is 0 Å². The highest BCUT2D eigenvalue weighted by Crippen LogP contribution is 2.32. The van der Waals surface area contributed by atoms with Gasteiger partial charge in [0.2, 0.25) is 15.9 Å². The van der Waals surface area contributed by atoms with Crippen molar-refractivity contribution in [2.24, 2.45) is 5.92 Å². The fourth-order valence-electron chi connectivity index (χ4n) is 3.48. The van der Waals surface area contributed by atoms with Crippen LogP contribution in [0.2, 0.25) is 5.02 Å². The van der Waals surface area contributed by atoms with E-state index in [-0.39, 0.29) is 22.4 Å². The molecule has 10 heteroatoms. The number of piperidine rings is 1. The molecule has 2 aromatic rings. The molecule has 31 heavy (non-hydrogen) atoms. The lowest BCUT2D eigenvalue weighted by molar-refractivity contribution is -0.120. The summed E-state index contributed by atoms with van der Waals surface area (Å²) in [7, 11) is 0.692. The number of rotatable bonds is 7. The van der Waals surface area contributed by atoms with Crippen molar-refractivity contribution in [1.82, 2.24) is 4.31 Å². The van der Waals surface area contributed by atoms with E-state index in [2.05, 4.69) is 5.32 Å². The van der Waals surface area contributed by atoms with Crippen LogP contribution in [0.1, 0.15) is 12.8 Å². The molecule has 0 saturated carbocycles. The van der Waals surface area contributed by atoms with Gasteiger partial charge in [0.15, 0.2) is 0 Å². The van der Waals surface area contributed by atoms with Crippen molar-refractivity contribution in [3.63, 3.8) is 0 Å². The smallest absolute Gasteiger partial charge is 0.243 e. The van der Waals surface area contributed by atoms with Crippen molar-refractivity contribution >= 4 is 33.2 Å². The number of sulfonamides is 1. The Bertz CT molecular complexity index is 1060. The zero-order chi connectivity index (χ0) is 22.6. The highest BCUT2D eigenvalue weighted by molar-refractivity contribution is 7.89. The van der Waals surface area contributed by atoms with Gasteiger partial charge in [0.05, 0.1) is 42.9 Å². The second kappa shape index (κ2) is 9.76. The number of carbonyl (C=O) groups is 1. The average Bonchev–Trinajstić information content (AvgIpc) is 2.78. The third-order valence-corrected chi connectivity index (χ3v) is 7.34. The van der Waals surface area contributed by atoms with Gasteiger partial charge in [0.1, 0.15) is 17.2 Å². The predicted octanol–water partition coefficient (Wildman–Crippen LogP) is 3.41. The summed E-state index contributed by atoms with van der Waals surface area (Å²) in [5, 5.41) is 3.05. The third kappa shape index (κ3) is 5.06. The Morgan fingerprint density at radius 2 is 1.77 bits per heavy atom. The first-order valence-corrected chi connectivity index (χ1v) is 11.5. The number of hydrogen-bond acceptors (Lipinski definition) is 6. The fraction of sp³-hybridized carbons (Fsp3) is 0.381. The number of hydrogen-bond donors (Lipinski definition) is 1. The number of carbonyl (C=O) groups excluding carboxylic acids is 1. The molecule has 0 aliphatic carbocycles. The Balaban J connectivity index is 1.77. The summed E-state index contributed by atoms with van der Waals surface area (Å²) in [5.41, 5.74) is 0.466. The molecule has 0 spiro atoms. The van der Waals surface area contributed by atoms with Crippen LogP contribution in [0.4, 0.5) is 5.69 Å². The second-order valence-electron chi connectivity index (χ2n) is 7.05. The number of halogens is 1. The summed E-state index contributed by atoms with van der Waals surface area (Å²) in [6.07, 6.45) is 1.14. The zero-order valence-corrected chi connectivity index (χ0v) is 19.1. The van der Waals surface area contributed by atoms with Gasteiger partial charge in [-0.1, -0.05) is 11.6 Å². The molecule has 8 nitrogen and oxygen atoms in total. The molecule has 168 valence electrons. The molecule has 1 atom stereocenters. The number of amides is 1. The summed E-state index contributed by atoms with van der Waals surface area (Å²) in [6, 6.07) is 9.40.